The first kappa shape index (κ1) is 19.8. The average molecular weight is 400 g/mol. The van der Waals surface area contributed by atoms with Crippen molar-refractivity contribution < 1.29 is 18.7 Å². The molecule has 154 valence electrons. The number of halogens is 2. The van der Waals surface area contributed by atoms with E-state index in [9.17, 15) is 18.7 Å². The molecule has 29 heavy (non-hydrogen) atoms. The molecule has 0 bridgehead atoms. The van der Waals surface area contributed by atoms with Crippen LogP contribution >= 0.6 is 0 Å². The first-order chi connectivity index (χ1) is 13.9. The third-order valence-corrected chi connectivity index (χ3v) is 6.21. The van der Waals surface area contributed by atoms with Gasteiger partial charge < -0.3 is 10.0 Å². The Morgan fingerprint density at radius 2 is 1.86 bits per heavy atom. The highest BCUT2D eigenvalue weighted by molar-refractivity contribution is 5.84. The molecule has 2 aromatic rings. The molecule has 4 rings (SSSR count). The molecule has 3 atom stereocenters. The number of aryl methyl sites for hydroxylation is 1. The second-order valence-corrected chi connectivity index (χ2v) is 8.15. The van der Waals surface area contributed by atoms with Crippen molar-refractivity contribution in [1.82, 2.24) is 9.80 Å². The van der Waals surface area contributed by atoms with Gasteiger partial charge in [-0.05, 0) is 61.2 Å². The van der Waals surface area contributed by atoms with Gasteiger partial charge in [0.1, 0.15) is 17.7 Å². The minimum atomic E-state index is -1.05. The standard InChI is InChI=1S/C23H26F2N2O2/c1-15-2-3-16(12-20(15)24)13-27-11-9-22(23(27)29)26-10-8-19(21(25)14-26)17-4-6-18(28)7-5-17/h2-7,12,19,21-22,28H,8-11,13-14H2,1H3/t19-,21+,22?/m0/s1. The largest absolute Gasteiger partial charge is 0.508 e. The Morgan fingerprint density at radius 3 is 2.55 bits per heavy atom. The zero-order valence-corrected chi connectivity index (χ0v) is 16.5. The first-order valence-corrected chi connectivity index (χ1v) is 10.1. The van der Waals surface area contributed by atoms with Crippen LogP contribution in [0.2, 0.25) is 0 Å². The number of carbonyl (C=O) groups is 1. The van der Waals surface area contributed by atoms with E-state index in [0.717, 1.165) is 11.1 Å². The summed E-state index contributed by atoms with van der Waals surface area (Å²) >= 11 is 0. The van der Waals surface area contributed by atoms with E-state index in [2.05, 4.69) is 0 Å². The van der Waals surface area contributed by atoms with E-state index in [0.29, 0.717) is 38.0 Å². The highest BCUT2D eigenvalue weighted by Crippen LogP contribution is 2.33. The van der Waals surface area contributed by atoms with Gasteiger partial charge in [-0.15, -0.1) is 0 Å². The molecule has 0 aliphatic carbocycles. The van der Waals surface area contributed by atoms with Gasteiger partial charge in [-0.25, -0.2) is 8.78 Å². The molecule has 6 heteroatoms. The Hall–Kier alpha value is -2.47. The van der Waals surface area contributed by atoms with E-state index in [1.54, 1.807) is 42.2 Å². The van der Waals surface area contributed by atoms with Crippen LogP contribution in [0, 0.1) is 12.7 Å². The fourth-order valence-corrected chi connectivity index (χ4v) is 4.48. The molecule has 2 saturated heterocycles. The number of rotatable bonds is 4. The van der Waals surface area contributed by atoms with Crippen LogP contribution in [0.25, 0.3) is 0 Å². The van der Waals surface area contributed by atoms with Gasteiger partial charge in [0.05, 0.1) is 6.04 Å². The minimum Gasteiger partial charge on any atom is -0.508 e. The number of phenolic OH excluding ortho intramolecular Hbond substituents is 1. The molecule has 1 unspecified atom stereocenters. The summed E-state index contributed by atoms with van der Waals surface area (Å²) < 4.78 is 28.7. The van der Waals surface area contributed by atoms with Gasteiger partial charge in [-0.3, -0.25) is 9.69 Å². The highest BCUT2D eigenvalue weighted by atomic mass is 19.1. The summed E-state index contributed by atoms with van der Waals surface area (Å²) in [4.78, 5) is 16.6. The van der Waals surface area contributed by atoms with Crippen molar-refractivity contribution in [2.24, 2.45) is 0 Å². The van der Waals surface area contributed by atoms with Crippen molar-refractivity contribution in [3.8, 4) is 5.75 Å². The lowest BCUT2D eigenvalue weighted by molar-refractivity contribution is -0.133. The quantitative estimate of drug-likeness (QED) is 0.850. The van der Waals surface area contributed by atoms with E-state index in [1.165, 1.54) is 6.07 Å². The maximum Gasteiger partial charge on any atom is 0.240 e. The van der Waals surface area contributed by atoms with E-state index >= 15 is 0 Å². The lowest BCUT2D eigenvalue weighted by Gasteiger charge is -2.37. The fourth-order valence-electron chi connectivity index (χ4n) is 4.48. The maximum atomic E-state index is 14.9. The van der Waals surface area contributed by atoms with Crippen molar-refractivity contribution in [3.05, 3.63) is 65.0 Å². The number of alkyl halides is 1. The molecule has 2 aliphatic heterocycles. The molecular formula is C23H26F2N2O2. The van der Waals surface area contributed by atoms with Crippen LogP contribution in [0.1, 0.15) is 35.4 Å². The summed E-state index contributed by atoms with van der Waals surface area (Å²) in [6.45, 7) is 3.60. The molecule has 0 radical (unpaired) electrons. The molecule has 0 saturated carbocycles. The summed E-state index contributed by atoms with van der Waals surface area (Å²) in [5.41, 5.74) is 2.25. The van der Waals surface area contributed by atoms with Gasteiger partial charge in [-0.1, -0.05) is 24.3 Å². The SMILES string of the molecule is Cc1ccc(CN2CCC(N3CC[C@@H](c4ccc(O)cc4)[C@H](F)C3)C2=O)cc1F. The van der Waals surface area contributed by atoms with E-state index in [1.807, 2.05) is 11.0 Å². The molecule has 2 heterocycles. The average Bonchev–Trinajstić information content (AvgIpc) is 3.06. The molecular weight excluding hydrogens is 374 g/mol. The molecule has 2 aliphatic rings. The van der Waals surface area contributed by atoms with Gasteiger partial charge in [0.15, 0.2) is 0 Å². The van der Waals surface area contributed by atoms with Gasteiger partial charge in [0, 0.05) is 25.6 Å². The van der Waals surface area contributed by atoms with E-state index in [4.69, 9.17) is 0 Å². The number of aromatic hydroxyl groups is 1. The molecule has 2 fully saturated rings. The van der Waals surface area contributed by atoms with Crippen molar-refractivity contribution >= 4 is 5.91 Å². The molecule has 0 spiro atoms. The zero-order chi connectivity index (χ0) is 20.5. The Kier molecular flexibility index (Phi) is 5.54. The van der Waals surface area contributed by atoms with Crippen LogP contribution in [-0.4, -0.2) is 52.7 Å². The smallest absolute Gasteiger partial charge is 0.240 e. The second kappa shape index (κ2) is 8.11. The van der Waals surface area contributed by atoms with Crippen molar-refractivity contribution in [1.29, 1.82) is 0 Å². The van der Waals surface area contributed by atoms with Crippen LogP contribution < -0.4 is 0 Å². The Bertz CT molecular complexity index is 887. The predicted molar refractivity (Wildman–Crippen MR) is 107 cm³/mol. The van der Waals surface area contributed by atoms with Crippen LogP contribution in [-0.2, 0) is 11.3 Å². The number of phenols is 1. The number of amides is 1. The lowest BCUT2D eigenvalue weighted by atomic mass is 9.87. The lowest BCUT2D eigenvalue weighted by Crippen LogP contribution is -2.49. The summed E-state index contributed by atoms with van der Waals surface area (Å²) in [6, 6.07) is 11.5. The van der Waals surface area contributed by atoms with Crippen LogP contribution in [0.3, 0.4) is 0 Å². The Labute approximate surface area is 169 Å². The number of piperidine rings is 1. The zero-order valence-electron chi connectivity index (χ0n) is 16.5. The number of hydrogen-bond donors (Lipinski definition) is 1. The van der Waals surface area contributed by atoms with E-state index < -0.39 is 6.17 Å². The number of carbonyl (C=O) groups excluding carboxylic acids is 1. The Morgan fingerprint density at radius 1 is 1.10 bits per heavy atom. The number of likely N-dealkylation sites (tertiary alicyclic amines) is 2. The summed E-state index contributed by atoms with van der Waals surface area (Å²) in [5.74, 6) is -0.301. The summed E-state index contributed by atoms with van der Waals surface area (Å²) in [5, 5.41) is 9.43. The molecule has 2 aromatic carbocycles. The third-order valence-electron chi connectivity index (χ3n) is 6.21. The fraction of sp³-hybridized carbons (Fsp3) is 0.435. The summed E-state index contributed by atoms with van der Waals surface area (Å²) in [6.07, 6.45) is 0.254. The normalized spacial score (nSPS) is 25.6. The van der Waals surface area contributed by atoms with Crippen LogP contribution in [0.5, 0.6) is 5.75 Å². The van der Waals surface area contributed by atoms with Gasteiger partial charge >= 0.3 is 0 Å². The van der Waals surface area contributed by atoms with Gasteiger partial charge in [0.25, 0.3) is 0 Å². The monoisotopic (exact) mass is 400 g/mol. The van der Waals surface area contributed by atoms with Crippen molar-refractivity contribution in [2.45, 2.75) is 44.4 Å². The van der Waals surface area contributed by atoms with Gasteiger partial charge in [0.2, 0.25) is 5.91 Å². The summed E-state index contributed by atoms with van der Waals surface area (Å²) in [7, 11) is 0. The minimum absolute atomic E-state index is 0.00117. The molecule has 1 amide bonds. The molecule has 4 nitrogen and oxygen atoms in total. The van der Waals surface area contributed by atoms with Crippen LogP contribution in [0.15, 0.2) is 42.5 Å². The van der Waals surface area contributed by atoms with E-state index in [-0.39, 0.29) is 36.0 Å². The topological polar surface area (TPSA) is 43.8 Å². The van der Waals surface area contributed by atoms with Crippen molar-refractivity contribution in [2.75, 3.05) is 19.6 Å². The third kappa shape index (κ3) is 4.13. The highest BCUT2D eigenvalue weighted by Gasteiger charge is 2.40. The number of hydrogen-bond acceptors (Lipinski definition) is 3. The second-order valence-electron chi connectivity index (χ2n) is 8.15. The Balaban J connectivity index is 1.38. The maximum absolute atomic E-state index is 14.9. The van der Waals surface area contributed by atoms with Gasteiger partial charge in [-0.2, -0.15) is 0 Å². The number of nitrogens with zero attached hydrogens (tertiary/aromatic N) is 2. The van der Waals surface area contributed by atoms with Crippen LogP contribution in [0.4, 0.5) is 8.78 Å². The predicted octanol–water partition coefficient (Wildman–Crippen LogP) is 3.77. The number of benzene rings is 2. The first-order valence-electron chi connectivity index (χ1n) is 10.1. The van der Waals surface area contributed by atoms with Crippen molar-refractivity contribution in [3.63, 3.8) is 0 Å². The molecule has 0 aromatic heterocycles. The molecule has 1 N–H and O–H groups in total.